The van der Waals surface area contributed by atoms with Crippen LogP contribution < -0.4 is 5.73 Å². The molecule has 0 saturated heterocycles. The minimum Gasteiger partial charge on any atom is -0.347 e. The molecule has 4 heteroatoms. The lowest BCUT2D eigenvalue weighted by molar-refractivity contribution is 0.494. The van der Waals surface area contributed by atoms with Crippen molar-refractivity contribution in [2.24, 2.45) is 5.73 Å². The number of hydrogen-bond donors (Lipinski definition) is 1. The van der Waals surface area contributed by atoms with Gasteiger partial charge in [-0.2, -0.15) is 0 Å². The predicted octanol–water partition coefficient (Wildman–Crippen LogP) is 2.93. The molecule has 1 spiro atoms. The number of aromatic nitrogens is 1. The maximum absolute atomic E-state index is 13.6. The monoisotopic (exact) mass is 250 g/mol. The molecule has 0 amide bonds. The molecular weight excluding hydrogens is 234 g/mol. The van der Waals surface area contributed by atoms with Gasteiger partial charge in [-0.25, -0.2) is 8.78 Å². The topological polar surface area (TPSA) is 30.9 Å². The molecule has 2 aromatic rings. The highest BCUT2D eigenvalue weighted by Gasteiger charge is 2.47. The van der Waals surface area contributed by atoms with E-state index in [-0.39, 0.29) is 5.41 Å². The Morgan fingerprint density at radius 2 is 1.94 bits per heavy atom. The van der Waals surface area contributed by atoms with Gasteiger partial charge in [0.05, 0.1) is 5.52 Å². The molecule has 1 aliphatic heterocycles. The van der Waals surface area contributed by atoms with Crippen LogP contribution in [0.5, 0.6) is 0 Å². The standard InChI is InChI=1S/C13H11F2N.CH5N/c14-10-7-9-12-8(11(10)15)1-5-16(12)6-4-13(9)2-3-13;1-2/h1,5,7H,2-4,6H2;2H2,1H3. The molecule has 1 aromatic carbocycles. The summed E-state index contributed by atoms with van der Waals surface area (Å²) in [7, 11) is 1.50. The van der Waals surface area contributed by atoms with E-state index in [0.717, 1.165) is 36.9 Å². The van der Waals surface area contributed by atoms with E-state index in [1.54, 1.807) is 6.07 Å². The fourth-order valence-corrected chi connectivity index (χ4v) is 3.07. The predicted molar refractivity (Wildman–Crippen MR) is 67.5 cm³/mol. The zero-order valence-electron chi connectivity index (χ0n) is 10.3. The highest BCUT2D eigenvalue weighted by atomic mass is 19.2. The molecular formula is C14H16F2N2. The highest BCUT2D eigenvalue weighted by molar-refractivity contribution is 5.86. The zero-order chi connectivity index (χ0) is 12.9. The van der Waals surface area contributed by atoms with E-state index < -0.39 is 11.6 Å². The van der Waals surface area contributed by atoms with Gasteiger partial charge in [-0.1, -0.05) is 0 Å². The summed E-state index contributed by atoms with van der Waals surface area (Å²) in [5, 5.41) is 0.445. The Kier molecular flexibility index (Phi) is 2.45. The van der Waals surface area contributed by atoms with Gasteiger partial charge in [-0.05, 0) is 49.4 Å². The second kappa shape index (κ2) is 3.79. The molecule has 18 heavy (non-hydrogen) atoms. The zero-order valence-corrected chi connectivity index (χ0v) is 10.3. The Morgan fingerprint density at radius 1 is 1.22 bits per heavy atom. The SMILES string of the molecule is CN.Fc1cc2c3c(ccn3CCC23CC3)c1F. The number of benzene rings is 1. The van der Waals surface area contributed by atoms with Crippen molar-refractivity contribution in [1.29, 1.82) is 0 Å². The largest absolute Gasteiger partial charge is 0.347 e. The smallest absolute Gasteiger partial charge is 0.168 e. The minimum absolute atomic E-state index is 0.168. The average Bonchev–Trinajstić information content (AvgIpc) is 3.04. The molecule has 2 aliphatic rings. The molecule has 0 bridgehead atoms. The Hall–Kier alpha value is -1.42. The van der Waals surface area contributed by atoms with Crippen LogP contribution in [0.4, 0.5) is 8.78 Å². The Morgan fingerprint density at radius 3 is 2.61 bits per heavy atom. The Bertz CT molecular complexity index is 612. The molecule has 1 aromatic heterocycles. The quantitative estimate of drug-likeness (QED) is 0.765. The van der Waals surface area contributed by atoms with Crippen molar-refractivity contribution in [3.63, 3.8) is 0 Å². The van der Waals surface area contributed by atoms with E-state index in [9.17, 15) is 8.78 Å². The van der Waals surface area contributed by atoms with E-state index in [2.05, 4.69) is 10.3 Å². The molecule has 2 N–H and O–H groups in total. The normalized spacial score (nSPS) is 18.7. The first-order valence-corrected chi connectivity index (χ1v) is 6.26. The first-order valence-electron chi connectivity index (χ1n) is 6.26. The van der Waals surface area contributed by atoms with Gasteiger partial charge in [0.25, 0.3) is 0 Å². The van der Waals surface area contributed by atoms with E-state index in [0.29, 0.717) is 5.39 Å². The van der Waals surface area contributed by atoms with Crippen LogP contribution in [0.1, 0.15) is 24.8 Å². The summed E-state index contributed by atoms with van der Waals surface area (Å²) in [6.45, 7) is 0.932. The van der Waals surface area contributed by atoms with Gasteiger partial charge in [-0.3, -0.25) is 0 Å². The van der Waals surface area contributed by atoms with Gasteiger partial charge < -0.3 is 10.3 Å². The summed E-state index contributed by atoms with van der Waals surface area (Å²) in [6.07, 6.45) is 5.18. The van der Waals surface area contributed by atoms with Gasteiger partial charge in [0, 0.05) is 18.1 Å². The number of fused-ring (bicyclic) bond motifs is 1. The third kappa shape index (κ3) is 1.35. The van der Waals surface area contributed by atoms with E-state index >= 15 is 0 Å². The second-order valence-corrected chi connectivity index (χ2v) is 5.02. The molecule has 1 aliphatic carbocycles. The van der Waals surface area contributed by atoms with Gasteiger partial charge in [0.15, 0.2) is 11.6 Å². The number of hydrogen-bond acceptors (Lipinski definition) is 1. The molecule has 96 valence electrons. The van der Waals surface area contributed by atoms with Crippen LogP contribution in [0.3, 0.4) is 0 Å². The third-order valence-electron chi connectivity index (χ3n) is 4.19. The fraction of sp³-hybridized carbons (Fsp3) is 0.429. The van der Waals surface area contributed by atoms with Crippen LogP contribution >= 0.6 is 0 Å². The van der Waals surface area contributed by atoms with Crippen molar-refractivity contribution >= 4 is 10.9 Å². The summed E-state index contributed by atoms with van der Waals surface area (Å²) < 4.78 is 29.2. The maximum Gasteiger partial charge on any atom is 0.168 e. The van der Waals surface area contributed by atoms with E-state index in [1.165, 1.54) is 13.1 Å². The van der Waals surface area contributed by atoms with Crippen LogP contribution in [0.2, 0.25) is 0 Å². The molecule has 4 rings (SSSR count). The Labute approximate surface area is 104 Å². The second-order valence-electron chi connectivity index (χ2n) is 5.02. The lowest BCUT2D eigenvalue weighted by atomic mass is 9.88. The minimum atomic E-state index is -0.701. The summed E-state index contributed by atoms with van der Waals surface area (Å²) in [5.74, 6) is -1.40. The first kappa shape index (κ1) is 11.7. The average molecular weight is 250 g/mol. The first-order chi connectivity index (χ1) is 8.71. The van der Waals surface area contributed by atoms with Crippen LogP contribution in [0.15, 0.2) is 18.3 Å². The summed E-state index contributed by atoms with van der Waals surface area (Å²) in [6, 6.07) is 3.11. The van der Waals surface area contributed by atoms with Crippen LogP contribution in [-0.2, 0) is 12.0 Å². The third-order valence-corrected chi connectivity index (χ3v) is 4.19. The molecule has 0 atom stereocenters. The van der Waals surface area contributed by atoms with Crippen molar-refractivity contribution in [1.82, 2.24) is 4.57 Å². The number of nitrogens with zero attached hydrogens (tertiary/aromatic N) is 1. The summed E-state index contributed by atoms with van der Waals surface area (Å²) >= 11 is 0. The van der Waals surface area contributed by atoms with Gasteiger partial charge >= 0.3 is 0 Å². The van der Waals surface area contributed by atoms with Crippen LogP contribution in [-0.4, -0.2) is 11.6 Å². The van der Waals surface area contributed by atoms with Crippen molar-refractivity contribution in [3.05, 3.63) is 35.5 Å². The van der Waals surface area contributed by atoms with Crippen LogP contribution in [0.25, 0.3) is 10.9 Å². The number of rotatable bonds is 0. The van der Waals surface area contributed by atoms with Gasteiger partial charge in [-0.15, -0.1) is 0 Å². The summed E-state index contributed by atoms with van der Waals surface area (Å²) in [4.78, 5) is 0. The lowest BCUT2D eigenvalue weighted by Gasteiger charge is -2.25. The molecule has 2 nitrogen and oxygen atoms in total. The Balaban J connectivity index is 0.000000478. The van der Waals surface area contributed by atoms with Gasteiger partial charge in [0.1, 0.15) is 0 Å². The number of nitrogens with two attached hydrogens (primary N) is 1. The van der Waals surface area contributed by atoms with Crippen molar-refractivity contribution in [3.8, 4) is 0 Å². The van der Waals surface area contributed by atoms with Crippen molar-refractivity contribution in [2.75, 3.05) is 7.05 Å². The molecule has 0 radical (unpaired) electrons. The maximum atomic E-state index is 13.6. The lowest BCUT2D eigenvalue weighted by Crippen LogP contribution is -2.18. The molecule has 0 unspecified atom stereocenters. The number of aryl methyl sites for hydroxylation is 1. The number of halogens is 2. The van der Waals surface area contributed by atoms with Gasteiger partial charge in [0.2, 0.25) is 0 Å². The van der Waals surface area contributed by atoms with Crippen LogP contribution in [0, 0.1) is 11.6 Å². The molecule has 1 saturated carbocycles. The fourth-order valence-electron chi connectivity index (χ4n) is 3.07. The van der Waals surface area contributed by atoms with Crippen molar-refractivity contribution in [2.45, 2.75) is 31.2 Å². The molecule has 2 heterocycles. The van der Waals surface area contributed by atoms with Crippen molar-refractivity contribution < 1.29 is 8.78 Å². The highest BCUT2D eigenvalue weighted by Crippen LogP contribution is 2.55. The molecule has 1 fully saturated rings. The summed E-state index contributed by atoms with van der Waals surface area (Å²) in [5.41, 5.74) is 6.61. The van der Waals surface area contributed by atoms with E-state index in [4.69, 9.17) is 0 Å². The van der Waals surface area contributed by atoms with E-state index in [1.807, 2.05) is 6.20 Å².